The van der Waals surface area contributed by atoms with Crippen LogP contribution in [0.2, 0.25) is 0 Å². The zero-order chi connectivity index (χ0) is 12.7. The Kier molecular flexibility index (Phi) is 5.93. The topological polar surface area (TPSA) is 64.4 Å². The second-order valence-corrected chi connectivity index (χ2v) is 4.31. The summed E-state index contributed by atoms with van der Waals surface area (Å²) in [6, 6.07) is 4.84. The Bertz CT molecular complexity index is 385. The van der Waals surface area contributed by atoms with Crippen LogP contribution in [0.25, 0.3) is 0 Å². The van der Waals surface area contributed by atoms with E-state index in [4.69, 9.17) is 4.74 Å². The van der Waals surface area contributed by atoms with Gasteiger partial charge in [0.25, 0.3) is 5.69 Å². The summed E-state index contributed by atoms with van der Waals surface area (Å²) in [6.07, 6.45) is 0.817. The van der Waals surface area contributed by atoms with Crippen LogP contribution in [0.4, 0.5) is 11.4 Å². The van der Waals surface area contributed by atoms with Crippen molar-refractivity contribution in [2.75, 3.05) is 25.1 Å². The number of anilines is 1. The second-order valence-electron chi connectivity index (χ2n) is 3.40. The lowest BCUT2D eigenvalue weighted by molar-refractivity contribution is -0.384. The fraction of sp³-hybridized carbons (Fsp3) is 0.455. The van der Waals surface area contributed by atoms with Crippen molar-refractivity contribution in [2.24, 2.45) is 0 Å². The zero-order valence-corrected chi connectivity index (χ0v) is 11.2. The van der Waals surface area contributed by atoms with Gasteiger partial charge in [-0.15, -0.1) is 0 Å². The Labute approximate surface area is 108 Å². The molecule has 0 aliphatic carbocycles. The lowest BCUT2D eigenvalue weighted by atomic mass is 10.2. The quantitative estimate of drug-likeness (QED) is 0.477. The highest BCUT2D eigenvalue weighted by atomic mass is 79.9. The molecule has 6 heteroatoms. The lowest BCUT2D eigenvalue weighted by Gasteiger charge is -2.07. The van der Waals surface area contributed by atoms with Gasteiger partial charge >= 0.3 is 0 Å². The average Bonchev–Trinajstić information content (AvgIpc) is 2.28. The van der Waals surface area contributed by atoms with Gasteiger partial charge in [0.05, 0.1) is 4.92 Å². The number of halogens is 1. The van der Waals surface area contributed by atoms with Crippen molar-refractivity contribution in [3.63, 3.8) is 0 Å². The van der Waals surface area contributed by atoms with E-state index in [-0.39, 0.29) is 5.69 Å². The van der Waals surface area contributed by atoms with E-state index < -0.39 is 4.92 Å². The van der Waals surface area contributed by atoms with Gasteiger partial charge in [-0.2, -0.15) is 0 Å². The highest BCUT2D eigenvalue weighted by Crippen LogP contribution is 2.27. The largest absolute Gasteiger partial charge is 0.382 e. The SMILES string of the molecule is CCOCCCNc1cc(Br)ccc1[N+](=O)[O-]. The standard InChI is InChI=1S/C11H15BrN2O3/c1-2-17-7-3-6-13-10-8-9(12)4-5-11(10)14(15)16/h4-5,8,13H,2-3,6-7H2,1H3. The smallest absolute Gasteiger partial charge is 0.292 e. The molecule has 94 valence electrons. The molecule has 17 heavy (non-hydrogen) atoms. The van der Waals surface area contributed by atoms with Gasteiger partial charge in [-0.3, -0.25) is 10.1 Å². The summed E-state index contributed by atoms with van der Waals surface area (Å²) >= 11 is 3.29. The van der Waals surface area contributed by atoms with Gasteiger partial charge in [0.15, 0.2) is 0 Å². The third kappa shape index (κ3) is 4.70. The van der Waals surface area contributed by atoms with E-state index >= 15 is 0 Å². The number of nitrogens with one attached hydrogen (secondary N) is 1. The van der Waals surface area contributed by atoms with Gasteiger partial charge in [0.2, 0.25) is 0 Å². The van der Waals surface area contributed by atoms with E-state index in [1.807, 2.05) is 6.92 Å². The van der Waals surface area contributed by atoms with Crippen molar-refractivity contribution in [3.05, 3.63) is 32.8 Å². The molecule has 0 saturated carbocycles. The van der Waals surface area contributed by atoms with E-state index in [1.54, 1.807) is 12.1 Å². The average molecular weight is 303 g/mol. The summed E-state index contributed by atoms with van der Waals surface area (Å²) in [5.41, 5.74) is 0.616. The van der Waals surface area contributed by atoms with Gasteiger partial charge in [-0.05, 0) is 25.5 Å². The molecule has 0 heterocycles. The number of nitro benzene ring substituents is 1. The van der Waals surface area contributed by atoms with Crippen LogP contribution in [-0.4, -0.2) is 24.7 Å². The summed E-state index contributed by atoms with van der Waals surface area (Å²) < 4.78 is 6.00. The lowest BCUT2D eigenvalue weighted by Crippen LogP contribution is -2.07. The number of hydrogen-bond donors (Lipinski definition) is 1. The molecule has 1 rings (SSSR count). The van der Waals surface area contributed by atoms with E-state index in [0.29, 0.717) is 25.4 Å². The van der Waals surface area contributed by atoms with Crippen LogP contribution < -0.4 is 5.32 Å². The third-order valence-electron chi connectivity index (χ3n) is 2.14. The molecular formula is C11H15BrN2O3. The number of ether oxygens (including phenoxy) is 1. The Morgan fingerprint density at radius 3 is 2.94 bits per heavy atom. The fourth-order valence-electron chi connectivity index (χ4n) is 1.35. The number of nitro groups is 1. The molecular weight excluding hydrogens is 288 g/mol. The molecule has 1 N–H and O–H groups in total. The Morgan fingerprint density at radius 1 is 1.53 bits per heavy atom. The minimum atomic E-state index is -0.392. The molecule has 0 aliphatic rings. The van der Waals surface area contributed by atoms with Crippen molar-refractivity contribution >= 4 is 27.3 Å². The fourth-order valence-corrected chi connectivity index (χ4v) is 1.71. The highest BCUT2D eigenvalue weighted by molar-refractivity contribution is 9.10. The number of benzene rings is 1. The van der Waals surface area contributed by atoms with Crippen molar-refractivity contribution < 1.29 is 9.66 Å². The zero-order valence-electron chi connectivity index (χ0n) is 9.61. The summed E-state index contributed by atoms with van der Waals surface area (Å²) in [4.78, 5) is 10.4. The van der Waals surface area contributed by atoms with Crippen molar-refractivity contribution in [2.45, 2.75) is 13.3 Å². The molecule has 0 spiro atoms. The van der Waals surface area contributed by atoms with E-state index in [0.717, 1.165) is 10.9 Å². The van der Waals surface area contributed by atoms with Crippen LogP contribution in [0.15, 0.2) is 22.7 Å². The van der Waals surface area contributed by atoms with Crippen molar-refractivity contribution in [1.82, 2.24) is 0 Å². The van der Waals surface area contributed by atoms with E-state index in [2.05, 4.69) is 21.2 Å². The maximum Gasteiger partial charge on any atom is 0.292 e. The molecule has 0 aromatic heterocycles. The van der Waals surface area contributed by atoms with Crippen LogP contribution in [0.3, 0.4) is 0 Å². The summed E-state index contributed by atoms with van der Waals surface area (Å²) in [5.74, 6) is 0. The monoisotopic (exact) mass is 302 g/mol. The third-order valence-corrected chi connectivity index (χ3v) is 2.63. The first kappa shape index (κ1) is 13.9. The predicted molar refractivity (Wildman–Crippen MR) is 70.4 cm³/mol. The summed E-state index contributed by atoms with van der Waals surface area (Å²) in [7, 11) is 0. The molecule has 0 radical (unpaired) electrons. The van der Waals surface area contributed by atoms with Crippen LogP contribution in [-0.2, 0) is 4.74 Å². The summed E-state index contributed by atoms with van der Waals surface area (Å²) in [5, 5.41) is 13.8. The van der Waals surface area contributed by atoms with Crippen LogP contribution in [0.1, 0.15) is 13.3 Å². The number of rotatable bonds is 7. The van der Waals surface area contributed by atoms with E-state index in [9.17, 15) is 10.1 Å². The first-order valence-corrected chi connectivity index (χ1v) is 6.20. The van der Waals surface area contributed by atoms with E-state index in [1.165, 1.54) is 6.07 Å². The first-order chi connectivity index (χ1) is 8.15. The Balaban J connectivity index is 2.56. The maximum atomic E-state index is 10.8. The molecule has 1 aromatic rings. The Morgan fingerprint density at radius 2 is 2.29 bits per heavy atom. The number of nitrogens with zero attached hydrogens (tertiary/aromatic N) is 1. The number of hydrogen-bond acceptors (Lipinski definition) is 4. The molecule has 0 unspecified atom stereocenters. The molecule has 0 aliphatic heterocycles. The molecule has 5 nitrogen and oxygen atoms in total. The first-order valence-electron chi connectivity index (χ1n) is 5.40. The van der Waals surface area contributed by atoms with Gasteiger partial charge < -0.3 is 10.1 Å². The van der Waals surface area contributed by atoms with Gasteiger partial charge in [0.1, 0.15) is 5.69 Å². The minimum Gasteiger partial charge on any atom is -0.382 e. The normalized spacial score (nSPS) is 10.2. The van der Waals surface area contributed by atoms with Crippen LogP contribution in [0.5, 0.6) is 0 Å². The molecule has 0 fully saturated rings. The molecule has 1 aromatic carbocycles. The highest BCUT2D eigenvalue weighted by Gasteiger charge is 2.12. The minimum absolute atomic E-state index is 0.0876. The van der Waals surface area contributed by atoms with Gasteiger partial charge in [0, 0.05) is 30.3 Å². The predicted octanol–water partition coefficient (Wildman–Crippen LogP) is 3.20. The van der Waals surface area contributed by atoms with Crippen molar-refractivity contribution in [1.29, 1.82) is 0 Å². The van der Waals surface area contributed by atoms with Gasteiger partial charge in [-0.1, -0.05) is 15.9 Å². The van der Waals surface area contributed by atoms with Gasteiger partial charge in [-0.25, -0.2) is 0 Å². The van der Waals surface area contributed by atoms with Crippen molar-refractivity contribution in [3.8, 4) is 0 Å². The molecule has 0 amide bonds. The van der Waals surface area contributed by atoms with Crippen LogP contribution in [0, 0.1) is 10.1 Å². The van der Waals surface area contributed by atoms with Crippen LogP contribution >= 0.6 is 15.9 Å². The summed E-state index contributed by atoms with van der Waals surface area (Å²) in [6.45, 7) is 3.94. The molecule has 0 atom stereocenters. The molecule has 0 bridgehead atoms. The Hall–Kier alpha value is -1.14. The molecule has 0 saturated heterocycles. The second kappa shape index (κ2) is 7.24. The maximum absolute atomic E-state index is 10.8.